The molecule has 0 unspecified atom stereocenters. The van der Waals surface area contributed by atoms with Crippen molar-refractivity contribution in [3.8, 4) is 0 Å². The van der Waals surface area contributed by atoms with E-state index in [1.807, 2.05) is 24.3 Å². The van der Waals surface area contributed by atoms with Crippen molar-refractivity contribution in [2.45, 2.75) is 19.9 Å². The fraction of sp³-hybridized carbons (Fsp3) is 0.250. The lowest BCUT2D eigenvalue weighted by Crippen LogP contribution is -2.32. The number of ether oxygens (including phenoxy) is 1. The standard InChI is InChI=1S/C24H24N4O4/c1-2-28-12-11-20-18(13-28)22(17-5-3-4-6-19(17)27-20)24(31)32-14-21(29)26-16-9-7-15(8-10-16)23(25)30/h3-10H,2,11-14H2,1H3,(H2,25,30)(H,26,29). The molecular weight excluding hydrogens is 408 g/mol. The molecule has 0 bridgehead atoms. The number of primary amides is 1. The van der Waals surface area contributed by atoms with Crippen molar-refractivity contribution in [3.05, 3.63) is 70.9 Å². The SMILES string of the molecule is CCN1CCc2nc3ccccc3c(C(=O)OCC(=O)Nc3ccc(C(N)=O)cc3)c2C1. The van der Waals surface area contributed by atoms with Gasteiger partial charge >= 0.3 is 5.97 Å². The third-order valence-electron chi connectivity index (χ3n) is 5.56. The van der Waals surface area contributed by atoms with Gasteiger partial charge in [0.25, 0.3) is 5.91 Å². The van der Waals surface area contributed by atoms with Crippen molar-refractivity contribution in [1.82, 2.24) is 9.88 Å². The number of nitrogens with one attached hydrogen (secondary N) is 1. The lowest BCUT2D eigenvalue weighted by molar-refractivity contribution is -0.119. The maximum Gasteiger partial charge on any atom is 0.339 e. The molecule has 3 N–H and O–H groups in total. The first-order valence-corrected chi connectivity index (χ1v) is 10.5. The summed E-state index contributed by atoms with van der Waals surface area (Å²) in [6, 6.07) is 13.6. The minimum Gasteiger partial charge on any atom is -0.452 e. The molecule has 1 aromatic heterocycles. The molecule has 2 amide bonds. The van der Waals surface area contributed by atoms with Crippen LogP contribution in [0.15, 0.2) is 48.5 Å². The van der Waals surface area contributed by atoms with Gasteiger partial charge in [-0.25, -0.2) is 4.79 Å². The number of benzene rings is 2. The Morgan fingerprint density at radius 2 is 1.88 bits per heavy atom. The molecule has 8 heteroatoms. The van der Waals surface area contributed by atoms with E-state index < -0.39 is 24.4 Å². The number of nitrogens with zero attached hydrogens (tertiary/aromatic N) is 2. The molecule has 3 aromatic rings. The number of amides is 2. The number of carbonyl (C=O) groups is 3. The van der Waals surface area contributed by atoms with Crippen molar-refractivity contribution in [2.75, 3.05) is 25.0 Å². The van der Waals surface area contributed by atoms with Crippen molar-refractivity contribution < 1.29 is 19.1 Å². The summed E-state index contributed by atoms with van der Waals surface area (Å²) in [4.78, 5) is 43.6. The average molecular weight is 432 g/mol. The number of aromatic nitrogens is 1. The van der Waals surface area contributed by atoms with E-state index >= 15 is 0 Å². The molecular formula is C24H24N4O4. The maximum absolute atomic E-state index is 13.1. The summed E-state index contributed by atoms with van der Waals surface area (Å²) in [5, 5.41) is 3.36. The van der Waals surface area contributed by atoms with Gasteiger partial charge in [-0.1, -0.05) is 25.1 Å². The van der Waals surface area contributed by atoms with E-state index in [4.69, 9.17) is 15.5 Å². The minimum absolute atomic E-state index is 0.338. The normalized spacial score (nSPS) is 13.4. The Labute approximate surface area is 185 Å². The van der Waals surface area contributed by atoms with Crippen LogP contribution in [0.2, 0.25) is 0 Å². The monoisotopic (exact) mass is 432 g/mol. The van der Waals surface area contributed by atoms with Crippen LogP contribution in [0.4, 0.5) is 5.69 Å². The zero-order valence-corrected chi connectivity index (χ0v) is 17.8. The highest BCUT2D eigenvalue weighted by molar-refractivity contribution is 6.06. The van der Waals surface area contributed by atoms with Crippen LogP contribution < -0.4 is 11.1 Å². The number of para-hydroxylation sites is 1. The molecule has 0 aliphatic carbocycles. The van der Waals surface area contributed by atoms with Crippen molar-refractivity contribution >= 4 is 34.4 Å². The number of likely N-dealkylation sites (N-methyl/N-ethyl adjacent to an activating group) is 1. The first-order chi connectivity index (χ1) is 15.5. The van der Waals surface area contributed by atoms with Gasteiger partial charge < -0.3 is 15.8 Å². The summed E-state index contributed by atoms with van der Waals surface area (Å²) in [6.45, 7) is 4.03. The van der Waals surface area contributed by atoms with E-state index in [0.29, 0.717) is 23.4 Å². The second kappa shape index (κ2) is 9.15. The highest BCUT2D eigenvalue weighted by Crippen LogP contribution is 2.28. The third-order valence-corrected chi connectivity index (χ3v) is 5.56. The Morgan fingerprint density at radius 1 is 1.12 bits per heavy atom. The predicted molar refractivity (Wildman–Crippen MR) is 120 cm³/mol. The molecule has 0 atom stereocenters. The summed E-state index contributed by atoms with van der Waals surface area (Å²) in [6.07, 6.45) is 0.760. The number of hydrogen-bond acceptors (Lipinski definition) is 6. The van der Waals surface area contributed by atoms with Gasteiger partial charge in [0.1, 0.15) is 0 Å². The number of anilines is 1. The van der Waals surface area contributed by atoms with E-state index in [1.54, 1.807) is 12.1 Å². The average Bonchev–Trinajstić information content (AvgIpc) is 2.81. The van der Waals surface area contributed by atoms with Gasteiger partial charge in [0.2, 0.25) is 5.91 Å². The number of pyridine rings is 1. The Hall–Kier alpha value is -3.78. The highest BCUT2D eigenvalue weighted by Gasteiger charge is 2.26. The second-order valence-corrected chi connectivity index (χ2v) is 7.61. The zero-order chi connectivity index (χ0) is 22.7. The molecule has 4 rings (SSSR count). The highest BCUT2D eigenvalue weighted by atomic mass is 16.5. The molecule has 164 valence electrons. The Morgan fingerprint density at radius 3 is 2.59 bits per heavy atom. The van der Waals surface area contributed by atoms with E-state index in [1.165, 1.54) is 12.1 Å². The van der Waals surface area contributed by atoms with Gasteiger partial charge in [-0.2, -0.15) is 0 Å². The van der Waals surface area contributed by atoms with Gasteiger partial charge in [0, 0.05) is 47.4 Å². The van der Waals surface area contributed by atoms with E-state index in [2.05, 4.69) is 17.1 Å². The number of nitrogens with two attached hydrogens (primary N) is 1. The molecule has 0 spiro atoms. The number of rotatable bonds is 6. The van der Waals surface area contributed by atoms with E-state index in [9.17, 15) is 14.4 Å². The Kier molecular flexibility index (Phi) is 6.13. The van der Waals surface area contributed by atoms with Crippen LogP contribution in [-0.4, -0.2) is 47.4 Å². The first kappa shape index (κ1) is 21.5. The third kappa shape index (κ3) is 4.45. The number of fused-ring (bicyclic) bond motifs is 2. The predicted octanol–water partition coefficient (Wildman–Crippen LogP) is 2.51. The van der Waals surface area contributed by atoms with E-state index in [-0.39, 0.29) is 0 Å². The van der Waals surface area contributed by atoms with Gasteiger partial charge in [0.15, 0.2) is 6.61 Å². The molecule has 2 heterocycles. The summed E-state index contributed by atoms with van der Waals surface area (Å²) >= 11 is 0. The fourth-order valence-corrected chi connectivity index (χ4v) is 3.87. The molecule has 8 nitrogen and oxygen atoms in total. The topological polar surface area (TPSA) is 115 Å². The Balaban J connectivity index is 1.52. The van der Waals surface area contributed by atoms with Gasteiger partial charge in [-0.3, -0.25) is 19.5 Å². The molecule has 1 aliphatic rings. The Bertz CT molecular complexity index is 1190. The quantitative estimate of drug-likeness (QED) is 0.579. The fourth-order valence-electron chi connectivity index (χ4n) is 3.87. The number of hydrogen-bond donors (Lipinski definition) is 2. The van der Waals surface area contributed by atoms with Crippen LogP contribution >= 0.6 is 0 Å². The minimum atomic E-state index is -0.550. The van der Waals surface area contributed by atoms with Gasteiger partial charge in [-0.15, -0.1) is 0 Å². The molecule has 32 heavy (non-hydrogen) atoms. The molecule has 1 aliphatic heterocycles. The van der Waals surface area contributed by atoms with E-state index in [0.717, 1.165) is 41.7 Å². The summed E-state index contributed by atoms with van der Waals surface area (Å²) in [5.74, 6) is -1.57. The van der Waals surface area contributed by atoms with Crippen molar-refractivity contribution in [3.63, 3.8) is 0 Å². The number of esters is 1. The maximum atomic E-state index is 13.1. The zero-order valence-electron chi connectivity index (χ0n) is 17.8. The van der Waals surface area contributed by atoms with Crippen molar-refractivity contribution in [1.29, 1.82) is 0 Å². The lowest BCUT2D eigenvalue weighted by atomic mass is 9.96. The smallest absolute Gasteiger partial charge is 0.339 e. The largest absolute Gasteiger partial charge is 0.452 e. The van der Waals surface area contributed by atoms with Crippen LogP contribution in [0.25, 0.3) is 10.9 Å². The number of carbonyl (C=O) groups excluding carboxylic acids is 3. The summed E-state index contributed by atoms with van der Waals surface area (Å²) < 4.78 is 5.40. The van der Waals surface area contributed by atoms with Crippen LogP contribution in [0.5, 0.6) is 0 Å². The second-order valence-electron chi connectivity index (χ2n) is 7.61. The lowest BCUT2D eigenvalue weighted by Gasteiger charge is -2.28. The molecule has 0 radical (unpaired) electrons. The van der Waals surface area contributed by atoms with Crippen LogP contribution in [0.1, 0.15) is 38.9 Å². The van der Waals surface area contributed by atoms with Gasteiger partial charge in [-0.05, 0) is 36.9 Å². The van der Waals surface area contributed by atoms with Gasteiger partial charge in [0.05, 0.1) is 11.1 Å². The molecule has 0 fully saturated rings. The van der Waals surface area contributed by atoms with Crippen molar-refractivity contribution in [2.24, 2.45) is 5.73 Å². The van der Waals surface area contributed by atoms with Crippen LogP contribution in [0.3, 0.4) is 0 Å². The van der Waals surface area contributed by atoms with Crippen LogP contribution in [-0.2, 0) is 22.5 Å². The first-order valence-electron chi connectivity index (χ1n) is 10.5. The molecule has 0 saturated carbocycles. The molecule has 0 saturated heterocycles. The summed E-state index contributed by atoms with van der Waals surface area (Å²) in [7, 11) is 0. The molecule has 2 aromatic carbocycles. The summed E-state index contributed by atoms with van der Waals surface area (Å²) in [5.41, 5.74) is 9.01. The van der Waals surface area contributed by atoms with Crippen LogP contribution in [0, 0.1) is 0 Å².